The average Bonchev–Trinajstić information content (AvgIpc) is 2.43. The lowest BCUT2D eigenvalue weighted by Gasteiger charge is -2.38. The molecule has 0 aromatic heterocycles. The van der Waals surface area contributed by atoms with Gasteiger partial charge in [0.2, 0.25) is 0 Å². The molecule has 1 saturated carbocycles. The summed E-state index contributed by atoms with van der Waals surface area (Å²) < 4.78 is 0. The zero-order chi connectivity index (χ0) is 9.47. The third-order valence-corrected chi connectivity index (χ3v) is 3.69. The first-order valence-corrected chi connectivity index (χ1v) is 4.96. The highest BCUT2D eigenvalue weighted by Gasteiger charge is 2.45. The number of hydrogen-bond acceptors (Lipinski definition) is 2. The maximum absolute atomic E-state index is 9.78. The van der Waals surface area contributed by atoms with E-state index in [9.17, 15) is 5.11 Å². The predicted molar refractivity (Wildman–Crippen MR) is 49.8 cm³/mol. The monoisotopic (exact) mass is 177 g/mol. The number of aliphatic hydroxyl groups is 1. The van der Waals surface area contributed by atoms with Gasteiger partial charge in [-0.1, -0.05) is 13.0 Å². The van der Waals surface area contributed by atoms with E-state index in [1.54, 1.807) is 0 Å². The fourth-order valence-electron chi connectivity index (χ4n) is 2.79. The van der Waals surface area contributed by atoms with Crippen LogP contribution < -0.4 is 0 Å². The number of hydrogen-bond donors (Lipinski definition) is 1. The second-order valence-corrected chi connectivity index (χ2v) is 4.40. The smallest absolute Gasteiger partial charge is 0.0755 e. The van der Waals surface area contributed by atoms with Crippen molar-refractivity contribution in [1.29, 1.82) is 5.26 Å². The Balaban J connectivity index is 2.32. The summed E-state index contributed by atoms with van der Waals surface area (Å²) in [5.74, 6) is 0.0949. The summed E-state index contributed by atoms with van der Waals surface area (Å²) in [4.78, 5) is 0. The molecule has 0 aromatic rings. The Hall–Kier alpha value is -0.810. The Morgan fingerprint density at radius 2 is 2.46 bits per heavy atom. The van der Waals surface area contributed by atoms with Crippen LogP contribution in [0.5, 0.6) is 0 Å². The molecular formula is C11H15NO. The SMILES string of the molecule is C[C@]12CCC[C@@H](O)C1=CCC2C#N. The molecule has 3 atom stereocenters. The average molecular weight is 177 g/mol. The van der Waals surface area contributed by atoms with Crippen LogP contribution in [0.4, 0.5) is 0 Å². The van der Waals surface area contributed by atoms with Gasteiger partial charge in [0.05, 0.1) is 18.1 Å². The minimum absolute atomic E-state index is 0.0214. The predicted octanol–water partition coefficient (Wildman–Crippen LogP) is 2.01. The highest BCUT2D eigenvalue weighted by Crippen LogP contribution is 2.51. The lowest BCUT2D eigenvalue weighted by Crippen LogP contribution is -2.34. The van der Waals surface area contributed by atoms with Gasteiger partial charge in [-0.15, -0.1) is 0 Å². The molecule has 2 heteroatoms. The summed E-state index contributed by atoms with van der Waals surface area (Å²) in [7, 11) is 0. The topological polar surface area (TPSA) is 44.0 Å². The van der Waals surface area contributed by atoms with Gasteiger partial charge in [0.15, 0.2) is 0 Å². The second kappa shape index (κ2) is 2.85. The van der Waals surface area contributed by atoms with Crippen molar-refractivity contribution in [3.05, 3.63) is 11.6 Å². The van der Waals surface area contributed by atoms with Crippen molar-refractivity contribution in [3.8, 4) is 6.07 Å². The van der Waals surface area contributed by atoms with Gasteiger partial charge in [0.25, 0.3) is 0 Å². The lowest BCUT2D eigenvalue weighted by molar-refractivity contribution is 0.117. The zero-order valence-corrected chi connectivity index (χ0v) is 7.95. The van der Waals surface area contributed by atoms with E-state index in [4.69, 9.17) is 5.26 Å². The van der Waals surface area contributed by atoms with Crippen LogP contribution in [0, 0.1) is 22.7 Å². The minimum atomic E-state index is -0.280. The Kier molecular flexibility index (Phi) is 1.92. The Labute approximate surface area is 78.9 Å². The van der Waals surface area contributed by atoms with Crippen LogP contribution in [0.3, 0.4) is 0 Å². The fourth-order valence-corrected chi connectivity index (χ4v) is 2.79. The standard InChI is InChI=1S/C11H15NO/c1-11-6-2-3-10(13)9(11)5-4-8(11)7-12/h5,8,10,13H,2-4,6H2,1H3/t8?,10-,11-/m1/s1. The molecule has 0 amide bonds. The number of fused-ring (bicyclic) bond motifs is 1. The molecule has 1 N–H and O–H groups in total. The van der Waals surface area contributed by atoms with Gasteiger partial charge in [-0.25, -0.2) is 0 Å². The molecule has 2 aliphatic carbocycles. The van der Waals surface area contributed by atoms with Gasteiger partial charge in [-0.3, -0.25) is 0 Å². The zero-order valence-electron chi connectivity index (χ0n) is 7.95. The first-order chi connectivity index (χ1) is 6.18. The number of nitriles is 1. The highest BCUT2D eigenvalue weighted by atomic mass is 16.3. The van der Waals surface area contributed by atoms with Crippen molar-refractivity contribution >= 4 is 0 Å². The maximum atomic E-state index is 9.78. The summed E-state index contributed by atoms with van der Waals surface area (Å²) in [5, 5.41) is 18.8. The Morgan fingerprint density at radius 1 is 1.69 bits per heavy atom. The summed E-state index contributed by atoms with van der Waals surface area (Å²) >= 11 is 0. The van der Waals surface area contributed by atoms with Crippen molar-refractivity contribution in [1.82, 2.24) is 0 Å². The van der Waals surface area contributed by atoms with Crippen molar-refractivity contribution in [2.45, 2.75) is 38.7 Å². The summed E-state index contributed by atoms with van der Waals surface area (Å²) in [6.07, 6.45) is 5.62. The lowest BCUT2D eigenvalue weighted by atomic mass is 9.67. The van der Waals surface area contributed by atoms with Crippen LogP contribution in [0.25, 0.3) is 0 Å². The molecule has 1 fully saturated rings. The summed E-state index contributed by atoms with van der Waals surface area (Å²) in [5.41, 5.74) is 1.11. The van der Waals surface area contributed by atoms with E-state index in [2.05, 4.69) is 19.1 Å². The van der Waals surface area contributed by atoms with Crippen molar-refractivity contribution in [2.75, 3.05) is 0 Å². The van der Waals surface area contributed by atoms with Crippen LogP contribution in [0.1, 0.15) is 32.6 Å². The molecular weight excluding hydrogens is 162 g/mol. The van der Waals surface area contributed by atoms with Gasteiger partial charge < -0.3 is 5.11 Å². The van der Waals surface area contributed by atoms with Gasteiger partial charge in [-0.2, -0.15) is 5.26 Å². The minimum Gasteiger partial charge on any atom is -0.389 e. The first kappa shape index (κ1) is 8.77. The Bertz CT molecular complexity index is 289. The van der Waals surface area contributed by atoms with Crippen molar-refractivity contribution in [2.24, 2.45) is 11.3 Å². The van der Waals surface area contributed by atoms with Gasteiger partial charge >= 0.3 is 0 Å². The third kappa shape index (κ3) is 1.11. The van der Waals surface area contributed by atoms with Gasteiger partial charge in [0, 0.05) is 5.41 Å². The van der Waals surface area contributed by atoms with Gasteiger partial charge in [-0.05, 0) is 31.3 Å². The van der Waals surface area contributed by atoms with E-state index in [1.807, 2.05) is 0 Å². The van der Waals surface area contributed by atoms with Crippen LogP contribution in [0.2, 0.25) is 0 Å². The third-order valence-electron chi connectivity index (χ3n) is 3.69. The number of nitrogens with zero attached hydrogens (tertiary/aromatic N) is 1. The summed E-state index contributed by atoms with van der Waals surface area (Å²) in [6.45, 7) is 2.13. The van der Waals surface area contributed by atoms with Crippen LogP contribution in [0.15, 0.2) is 11.6 Å². The highest BCUT2D eigenvalue weighted by molar-refractivity contribution is 5.30. The first-order valence-electron chi connectivity index (χ1n) is 4.96. The van der Waals surface area contributed by atoms with E-state index in [1.165, 1.54) is 0 Å². The number of rotatable bonds is 0. The fraction of sp³-hybridized carbons (Fsp3) is 0.727. The molecule has 2 nitrogen and oxygen atoms in total. The van der Waals surface area contributed by atoms with E-state index < -0.39 is 0 Å². The number of allylic oxidation sites excluding steroid dienone is 1. The normalized spacial score (nSPS) is 43.6. The van der Waals surface area contributed by atoms with E-state index in [0.717, 1.165) is 31.3 Å². The van der Waals surface area contributed by atoms with Crippen molar-refractivity contribution < 1.29 is 5.11 Å². The molecule has 0 aromatic carbocycles. The molecule has 0 radical (unpaired) electrons. The van der Waals surface area contributed by atoms with E-state index >= 15 is 0 Å². The van der Waals surface area contributed by atoms with E-state index in [0.29, 0.717) is 0 Å². The van der Waals surface area contributed by atoms with Crippen LogP contribution in [-0.2, 0) is 0 Å². The molecule has 13 heavy (non-hydrogen) atoms. The molecule has 70 valence electrons. The molecule has 0 aliphatic heterocycles. The van der Waals surface area contributed by atoms with Gasteiger partial charge in [0.1, 0.15) is 0 Å². The van der Waals surface area contributed by atoms with E-state index in [-0.39, 0.29) is 17.4 Å². The molecule has 0 bridgehead atoms. The molecule has 1 unspecified atom stereocenters. The molecule has 2 aliphatic rings. The maximum Gasteiger partial charge on any atom is 0.0755 e. The van der Waals surface area contributed by atoms with Crippen LogP contribution in [-0.4, -0.2) is 11.2 Å². The molecule has 0 saturated heterocycles. The molecule has 0 spiro atoms. The van der Waals surface area contributed by atoms with Crippen LogP contribution >= 0.6 is 0 Å². The Morgan fingerprint density at radius 3 is 3.15 bits per heavy atom. The summed E-state index contributed by atoms with van der Waals surface area (Å²) in [6, 6.07) is 2.36. The molecule has 0 heterocycles. The molecule has 2 rings (SSSR count). The number of aliphatic hydroxyl groups excluding tert-OH is 1. The second-order valence-electron chi connectivity index (χ2n) is 4.40. The van der Waals surface area contributed by atoms with Crippen molar-refractivity contribution in [3.63, 3.8) is 0 Å². The largest absolute Gasteiger partial charge is 0.389 e. The quantitative estimate of drug-likeness (QED) is 0.575.